The maximum absolute atomic E-state index is 10.7. The maximum Gasteiger partial charge on any atom is 0.271 e. The van der Waals surface area contributed by atoms with Crippen LogP contribution in [0, 0.1) is 10.1 Å². The lowest BCUT2D eigenvalue weighted by molar-refractivity contribution is -0.384. The summed E-state index contributed by atoms with van der Waals surface area (Å²) >= 11 is 5.20. The molecule has 0 aliphatic carbocycles. The summed E-state index contributed by atoms with van der Waals surface area (Å²) in [6.07, 6.45) is 1.60. The SMILES string of the molecule is CCCC(=S)n1nnc2ccc([N+](=O)[O-])cc21. The minimum absolute atomic E-state index is 0.0142. The van der Waals surface area contributed by atoms with Gasteiger partial charge in [0.15, 0.2) is 0 Å². The van der Waals surface area contributed by atoms with Crippen molar-refractivity contribution in [3.8, 4) is 0 Å². The van der Waals surface area contributed by atoms with Crippen LogP contribution < -0.4 is 0 Å². The predicted molar refractivity (Wildman–Crippen MR) is 67.1 cm³/mol. The molecular formula is C10H10N4O2S. The van der Waals surface area contributed by atoms with Crippen LogP contribution >= 0.6 is 12.2 Å². The Kier molecular flexibility index (Phi) is 3.10. The van der Waals surface area contributed by atoms with E-state index in [1.54, 1.807) is 6.07 Å². The molecule has 2 rings (SSSR count). The van der Waals surface area contributed by atoms with Crippen LogP contribution in [-0.4, -0.2) is 24.9 Å². The van der Waals surface area contributed by atoms with Crippen LogP contribution in [0.3, 0.4) is 0 Å². The van der Waals surface area contributed by atoms with Gasteiger partial charge >= 0.3 is 0 Å². The smallest absolute Gasteiger partial charge is 0.258 e. The fourth-order valence-electron chi connectivity index (χ4n) is 1.52. The summed E-state index contributed by atoms with van der Waals surface area (Å²) in [5.41, 5.74) is 1.20. The van der Waals surface area contributed by atoms with Crippen molar-refractivity contribution in [1.82, 2.24) is 15.0 Å². The number of benzene rings is 1. The molecule has 2 aromatic rings. The molecule has 0 saturated carbocycles. The number of non-ortho nitro benzene ring substituents is 1. The van der Waals surface area contributed by atoms with E-state index in [0.717, 1.165) is 6.42 Å². The molecule has 1 heterocycles. The van der Waals surface area contributed by atoms with Gasteiger partial charge in [-0.05, 0) is 12.5 Å². The second-order valence-corrected chi connectivity index (χ2v) is 4.05. The Bertz CT molecular complexity index is 593. The molecule has 0 N–H and O–H groups in total. The van der Waals surface area contributed by atoms with Crippen molar-refractivity contribution in [2.75, 3.05) is 0 Å². The first-order valence-electron chi connectivity index (χ1n) is 5.16. The van der Waals surface area contributed by atoms with Gasteiger partial charge in [0.1, 0.15) is 16.0 Å². The second kappa shape index (κ2) is 4.54. The highest BCUT2D eigenvalue weighted by Gasteiger charge is 2.13. The molecule has 88 valence electrons. The Morgan fingerprint density at radius 3 is 3.00 bits per heavy atom. The van der Waals surface area contributed by atoms with Crippen molar-refractivity contribution in [3.05, 3.63) is 28.3 Å². The minimum atomic E-state index is -0.445. The number of hydrogen-bond donors (Lipinski definition) is 0. The van der Waals surface area contributed by atoms with Crippen molar-refractivity contribution in [3.63, 3.8) is 0 Å². The lowest BCUT2D eigenvalue weighted by atomic mass is 10.2. The highest BCUT2D eigenvalue weighted by atomic mass is 32.1. The summed E-state index contributed by atoms with van der Waals surface area (Å²) in [5.74, 6) is 0. The molecule has 1 aromatic carbocycles. The normalized spacial score (nSPS) is 10.6. The van der Waals surface area contributed by atoms with Gasteiger partial charge < -0.3 is 0 Å². The van der Waals surface area contributed by atoms with Crippen LogP contribution in [0.15, 0.2) is 18.2 Å². The van der Waals surface area contributed by atoms with E-state index in [1.165, 1.54) is 16.8 Å². The van der Waals surface area contributed by atoms with E-state index in [2.05, 4.69) is 10.3 Å². The summed E-state index contributed by atoms with van der Waals surface area (Å²) in [5, 5.41) is 18.5. The molecule has 0 spiro atoms. The number of fused-ring (bicyclic) bond motifs is 1. The van der Waals surface area contributed by atoms with Crippen LogP contribution in [0.25, 0.3) is 11.0 Å². The van der Waals surface area contributed by atoms with Gasteiger partial charge in [-0.25, -0.2) is 4.68 Å². The topological polar surface area (TPSA) is 73.8 Å². The zero-order valence-electron chi connectivity index (χ0n) is 9.16. The Morgan fingerprint density at radius 2 is 2.35 bits per heavy atom. The summed E-state index contributed by atoms with van der Waals surface area (Å²) in [7, 11) is 0. The molecule has 0 atom stereocenters. The summed E-state index contributed by atoms with van der Waals surface area (Å²) in [6, 6.07) is 4.42. The lowest BCUT2D eigenvalue weighted by Crippen LogP contribution is -2.10. The standard InChI is InChI=1S/C10H10N4O2S/c1-2-3-10(17)13-9-6-7(14(15)16)4-5-8(9)11-12-13/h4-6H,2-3H2,1H3. The molecule has 0 aliphatic rings. The number of thiocarbonyl (C=S) groups is 1. The van der Waals surface area contributed by atoms with Crippen molar-refractivity contribution in [2.24, 2.45) is 0 Å². The highest BCUT2D eigenvalue weighted by Crippen LogP contribution is 2.19. The zero-order valence-corrected chi connectivity index (χ0v) is 9.98. The summed E-state index contributed by atoms with van der Waals surface area (Å²) in [6.45, 7) is 2.01. The first kappa shape index (κ1) is 11.6. The van der Waals surface area contributed by atoms with Gasteiger partial charge in [-0.15, -0.1) is 5.10 Å². The number of aromatic nitrogens is 3. The fraction of sp³-hybridized carbons (Fsp3) is 0.300. The molecule has 6 nitrogen and oxygen atoms in total. The largest absolute Gasteiger partial charge is 0.271 e. The third-order valence-corrected chi connectivity index (χ3v) is 2.72. The molecule has 0 radical (unpaired) electrons. The average molecular weight is 250 g/mol. The van der Waals surface area contributed by atoms with Gasteiger partial charge in [0, 0.05) is 18.6 Å². The van der Waals surface area contributed by atoms with Crippen LogP contribution in [-0.2, 0) is 0 Å². The Labute approximate surface area is 102 Å². The third-order valence-electron chi connectivity index (χ3n) is 2.34. The molecule has 17 heavy (non-hydrogen) atoms. The van der Waals surface area contributed by atoms with E-state index in [0.29, 0.717) is 22.4 Å². The molecule has 1 aromatic heterocycles. The van der Waals surface area contributed by atoms with Gasteiger partial charge in [0.2, 0.25) is 0 Å². The number of rotatable bonds is 3. The van der Waals surface area contributed by atoms with Crippen LogP contribution in [0.5, 0.6) is 0 Å². The van der Waals surface area contributed by atoms with Gasteiger partial charge in [0.25, 0.3) is 5.69 Å². The van der Waals surface area contributed by atoms with E-state index in [-0.39, 0.29) is 5.69 Å². The molecule has 7 heteroatoms. The molecule has 0 bridgehead atoms. The average Bonchev–Trinajstić information content (AvgIpc) is 2.71. The molecule has 0 amide bonds. The number of nitro groups is 1. The van der Waals surface area contributed by atoms with E-state index in [4.69, 9.17) is 12.2 Å². The van der Waals surface area contributed by atoms with Crippen molar-refractivity contribution < 1.29 is 4.92 Å². The zero-order chi connectivity index (χ0) is 12.4. The third kappa shape index (κ3) is 2.14. The first-order chi connectivity index (χ1) is 8.13. The second-order valence-electron chi connectivity index (χ2n) is 3.58. The number of nitro benzene ring substituents is 1. The molecular weight excluding hydrogens is 240 g/mol. The van der Waals surface area contributed by atoms with E-state index < -0.39 is 4.92 Å². The predicted octanol–water partition coefficient (Wildman–Crippen LogP) is 2.32. The van der Waals surface area contributed by atoms with Crippen molar-refractivity contribution in [1.29, 1.82) is 0 Å². The van der Waals surface area contributed by atoms with Crippen molar-refractivity contribution in [2.45, 2.75) is 19.8 Å². The van der Waals surface area contributed by atoms with Crippen LogP contribution in [0.2, 0.25) is 0 Å². The Hall–Kier alpha value is -1.89. The van der Waals surface area contributed by atoms with Gasteiger partial charge in [-0.3, -0.25) is 10.1 Å². The molecule has 0 saturated heterocycles. The van der Waals surface area contributed by atoms with E-state index >= 15 is 0 Å². The van der Waals surface area contributed by atoms with Gasteiger partial charge in [-0.2, -0.15) is 0 Å². The number of nitrogens with zero attached hydrogens (tertiary/aromatic N) is 4. The van der Waals surface area contributed by atoms with E-state index in [9.17, 15) is 10.1 Å². The highest BCUT2D eigenvalue weighted by molar-refractivity contribution is 7.80. The fourth-order valence-corrected chi connectivity index (χ4v) is 1.86. The Morgan fingerprint density at radius 1 is 1.59 bits per heavy atom. The quantitative estimate of drug-likeness (QED) is 0.474. The summed E-state index contributed by atoms with van der Waals surface area (Å²) < 4.78 is 1.49. The lowest BCUT2D eigenvalue weighted by Gasteiger charge is -2.01. The van der Waals surface area contributed by atoms with Gasteiger partial charge in [-0.1, -0.05) is 24.4 Å². The number of hydrogen-bond acceptors (Lipinski definition) is 5. The Balaban J connectivity index is 2.54. The first-order valence-corrected chi connectivity index (χ1v) is 5.57. The molecule has 0 unspecified atom stereocenters. The minimum Gasteiger partial charge on any atom is -0.258 e. The van der Waals surface area contributed by atoms with Crippen molar-refractivity contribution >= 4 is 33.9 Å². The molecule has 0 aliphatic heterocycles. The molecule has 0 fully saturated rings. The van der Waals surface area contributed by atoms with Crippen LogP contribution in [0.4, 0.5) is 5.69 Å². The van der Waals surface area contributed by atoms with Crippen LogP contribution in [0.1, 0.15) is 19.8 Å². The summed E-state index contributed by atoms with van der Waals surface area (Å²) in [4.78, 5) is 10.9. The maximum atomic E-state index is 10.7. The van der Waals surface area contributed by atoms with Gasteiger partial charge in [0.05, 0.1) is 4.92 Å². The monoisotopic (exact) mass is 250 g/mol. The van der Waals surface area contributed by atoms with E-state index in [1.807, 2.05) is 6.92 Å².